The van der Waals surface area contributed by atoms with Gasteiger partial charge in [0.2, 0.25) is 0 Å². The Hall–Kier alpha value is -0.340. The second-order valence-corrected chi connectivity index (χ2v) is 6.60. The van der Waals surface area contributed by atoms with E-state index in [0.29, 0.717) is 0 Å². The van der Waals surface area contributed by atoms with Gasteiger partial charge in [0.1, 0.15) is 0 Å². The van der Waals surface area contributed by atoms with Crippen molar-refractivity contribution in [2.45, 2.75) is 39.3 Å². The van der Waals surface area contributed by atoms with E-state index in [4.69, 9.17) is 0 Å². The number of halogens is 1. The van der Waals surface area contributed by atoms with Crippen LogP contribution in [0.5, 0.6) is 0 Å². The van der Waals surface area contributed by atoms with Gasteiger partial charge < -0.3 is 10.6 Å². The van der Waals surface area contributed by atoms with Gasteiger partial charge in [-0.3, -0.25) is 9.89 Å². The van der Waals surface area contributed by atoms with Crippen LogP contribution in [0.15, 0.2) is 17.1 Å². The van der Waals surface area contributed by atoms with E-state index in [1.54, 1.807) is 0 Å². The number of hydrogen-bond donors (Lipinski definition) is 2. The Bertz CT molecular complexity index is 443. The summed E-state index contributed by atoms with van der Waals surface area (Å²) < 4.78 is 0. The Kier molecular flexibility index (Phi) is 8.58. The molecule has 6 heteroatoms. The average Bonchev–Trinajstić information content (AvgIpc) is 3.21. The molecule has 0 unspecified atom stereocenters. The number of hydrogen-bond acceptors (Lipinski definition) is 3. The smallest absolute Gasteiger partial charge is 0.191 e. The predicted octanol–water partition coefficient (Wildman–Crippen LogP) is 2.82. The van der Waals surface area contributed by atoms with Crippen LogP contribution < -0.4 is 10.6 Å². The summed E-state index contributed by atoms with van der Waals surface area (Å²) in [6.07, 6.45) is 2.75. The number of thiophene rings is 1. The highest BCUT2D eigenvalue weighted by atomic mass is 127. The first-order valence-electron chi connectivity index (χ1n) is 7.46. The third kappa shape index (κ3) is 6.52. The molecule has 4 nitrogen and oxygen atoms in total. The highest BCUT2D eigenvalue weighted by Crippen LogP contribution is 2.25. The normalized spacial score (nSPS) is 15.0. The molecule has 0 amide bonds. The summed E-state index contributed by atoms with van der Waals surface area (Å²) in [5.41, 5.74) is 0. The fourth-order valence-electron chi connectivity index (χ4n) is 2.33. The summed E-state index contributed by atoms with van der Waals surface area (Å²) in [7, 11) is 1.83. The maximum absolute atomic E-state index is 4.27. The molecule has 0 spiro atoms. The van der Waals surface area contributed by atoms with Gasteiger partial charge in [-0.05, 0) is 38.4 Å². The van der Waals surface area contributed by atoms with Crippen LogP contribution in [0.4, 0.5) is 0 Å². The van der Waals surface area contributed by atoms with Crippen molar-refractivity contribution in [1.82, 2.24) is 15.5 Å². The van der Waals surface area contributed by atoms with E-state index < -0.39 is 0 Å². The summed E-state index contributed by atoms with van der Waals surface area (Å²) in [6, 6.07) is 5.17. The van der Waals surface area contributed by atoms with Gasteiger partial charge in [0.05, 0.1) is 6.54 Å². The third-order valence-corrected chi connectivity index (χ3v) is 4.61. The number of nitrogens with one attached hydrogen (secondary N) is 2. The molecule has 0 radical (unpaired) electrons. The number of guanidine groups is 1. The zero-order valence-electron chi connectivity index (χ0n) is 13.2. The maximum atomic E-state index is 4.27. The molecule has 120 valence electrons. The van der Waals surface area contributed by atoms with Crippen molar-refractivity contribution in [2.75, 3.05) is 26.7 Å². The molecule has 1 heterocycles. The lowest BCUT2D eigenvalue weighted by Gasteiger charge is -2.20. The monoisotopic (exact) mass is 422 g/mol. The second-order valence-electron chi connectivity index (χ2n) is 5.22. The van der Waals surface area contributed by atoms with E-state index in [1.807, 2.05) is 18.4 Å². The number of likely N-dealkylation sites (N-methyl/N-ethyl adjacent to an activating group) is 1. The zero-order valence-corrected chi connectivity index (χ0v) is 16.3. The number of rotatable bonds is 7. The van der Waals surface area contributed by atoms with Crippen LogP contribution in [0.1, 0.15) is 29.5 Å². The fraction of sp³-hybridized carbons (Fsp3) is 0.667. The molecular weight excluding hydrogens is 395 g/mol. The van der Waals surface area contributed by atoms with Gasteiger partial charge >= 0.3 is 0 Å². The molecule has 0 aliphatic heterocycles. The summed E-state index contributed by atoms with van der Waals surface area (Å²) >= 11 is 1.83. The van der Waals surface area contributed by atoms with Crippen molar-refractivity contribution in [3.8, 4) is 0 Å². The summed E-state index contributed by atoms with van der Waals surface area (Å²) in [4.78, 5) is 9.52. The van der Waals surface area contributed by atoms with Crippen LogP contribution in [-0.4, -0.2) is 43.6 Å². The van der Waals surface area contributed by atoms with E-state index in [0.717, 1.165) is 38.2 Å². The van der Waals surface area contributed by atoms with Crippen molar-refractivity contribution in [3.63, 3.8) is 0 Å². The van der Waals surface area contributed by atoms with Crippen LogP contribution in [0, 0.1) is 6.92 Å². The van der Waals surface area contributed by atoms with E-state index in [1.165, 1.54) is 22.6 Å². The Morgan fingerprint density at radius 1 is 1.38 bits per heavy atom. The first-order chi connectivity index (χ1) is 9.72. The molecule has 1 aliphatic rings. The molecule has 0 atom stereocenters. The first-order valence-corrected chi connectivity index (χ1v) is 8.28. The average molecular weight is 422 g/mol. The minimum atomic E-state index is 0. The van der Waals surface area contributed by atoms with Gasteiger partial charge in [-0.25, -0.2) is 0 Å². The van der Waals surface area contributed by atoms with Crippen molar-refractivity contribution < 1.29 is 0 Å². The highest BCUT2D eigenvalue weighted by Gasteiger charge is 2.27. The van der Waals surface area contributed by atoms with E-state index in [-0.39, 0.29) is 24.0 Å². The lowest BCUT2D eigenvalue weighted by Crippen LogP contribution is -2.41. The van der Waals surface area contributed by atoms with Crippen LogP contribution in [0.2, 0.25) is 0 Å². The van der Waals surface area contributed by atoms with Crippen molar-refractivity contribution in [2.24, 2.45) is 4.99 Å². The molecule has 2 rings (SSSR count). The molecule has 1 saturated carbocycles. The number of nitrogens with zero attached hydrogens (tertiary/aromatic N) is 2. The van der Waals surface area contributed by atoms with E-state index in [9.17, 15) is 0 Å². The highest BCUT2D eigenvalue weighted by molar-refractivity contribution is 14.0. The van der Waals surface area contributed by atoms with Gasteiger partial charge in [0.25, 0.3) is 0 Å². The summed E-state index contributed by atoms with van der Waals surface area (Å²) in [6.45, 7) is 8.42. The molecule has 0 saturated heterocycles. The quantitative estimate of drug-likeness (QED) is 0.403. The number of aliphatic imine (C=N–C) groups is 1. The van der Waals surface area contributed by atoms with Gasteiger partial charge in [0, 0.05) is 35.9 Å². The lowest BCUT2D eigenvalue weighted by molar-refractivity contribution is 0.282. The van der Waals surface area contributed by atoms with Gasteiger partial charge in [-0.15, -0.1) is 35.3 Å². The van der Waals surface area contributed by atoms with Crippen LogP contribution in [0.25, 0.3) is 0 Å². The van der Waals surface area contributed by atoms with Crippen LogP contribution >= 0.6 is 35.3 Å². The molecule has 1 aromatic heterocycles. The first kappa shape index (κ1) is 18.7. The van der Waals surface area contributed by atoms with Crippen LogP contribution in [0.3, 0.4) is 0 Å². The predicted molar refractivity (Wildman–Crippen MR) is 103 cm³/mol. The lowest BCUT2D eigenvalue weighted by atomic mass is 10.4. The second kappa shape index (κ2) is 9.63. The minimum Gasteiger partial charge on any atom is -0.355 e. The standard InChI is InChI=1S/C15H26N4S.HI/c1-4-19(13-6-7-13)10-9-17-15(16-3)18-11-14-8-5-12(2)20-14;/h5,8,13H,4,6-7,9-11H2,1-3H3,(H2,16,17,18);1H. The van der Waals surface area contributed by atoms with Crippen molar-refractivity contribution in [1.29, 1.82) is 0 Å². The third-order valence-electron chi connectivity index (χ3n) is 3.61. The summed E-state index contributed by atoms with van der Waals surface area (Å²) in [5.74, 6) is 0.892. The molecular formula is C15H27IN4S. The largest absolute Gasteiger partial charge is 0.355 e. The molecule has 0 bridgehead atoms. The Labute approximate surface area is 149 Å². The van der Waals surface area contributed by atoms with Crippen molar-refractivity contribution >= 4 is 41.3 Å². The maximum Gasteiger partial charge on any atom is 0.191 e. The number of aryl methyl sites for hydroxylation is 1. The Balaban J connectivity index is 0.00000220. The molecule has 1 fully saturated rings. The Morgan fingerprint density at radius 2 is 2.14 bits per heavy atom. The van der Waals surface area contributed by atoms with Gasteiger partial charge in [-0.2, -0.15) is 0 Å². The van der Waals surface area contributed by atoms with Crippen molar-refractivity contribution in [3.05, 3.63) is 21.9 Å². The van der Waals surface area contributed by atoms with Crippen LogP contribution in [-0.2, 0) is 6.54 Å². The molecule has 1 aromatic rings. The van der Waals surface area contributed by atoms with E-state index >= 15 is 0 Å². The fourth-order valence-corrected chi connectivity index (χ4v) is 3.16. The zero-order chi connectivity index (χ0) is 14.4. The SMILES string of the molecule is CCN(CCNC(=NC)NCc1ccc(C)s1)C1CC1.I. The molecule has 2 N–H and O–H groups in total. The van der Waals surface area contributed by atoms with Gasteiger partial charge in [-0.1, -0.05) is 6.92 Å². The summed E-state index contributed by atoms with van der Waals surface area (Å²) in [5, 5.41) is 6.76. The molecule has 1 aliphatic carbocycles. The topological polar surface area (TPSA) is 39.7 Å². The van der Waals surface area contributed by atoms with Gasteiger partial charge in [0.15, 0.2) is 5.96 Å². The van der Waals surface area contributed by atoms with E-state index in [2.05, 4.69) is 46.5 Å². The molecule has 21 heavy (non-hydrogen) atoms. The Morgan fingerprint density at radius 3 is 2.67 bits per heavy atom. The molecule has 0 aromatic carbocycles. The minimum absolute atomic E-state index is 0.